The Morgan fingerprint density at radius 2 is 1.41 bits per heavy atom. The van der Waals surface area contributed by atoms with Crippen molar-refractivity contribution in [3.63, 3.8) is 0 Å². The van der Waals surface area contributed by atoms with E-state index in [1.54, 1.807) is 0 Å². The third-order valence-electron chi connectivity index (χ3n) is 7.68. The molecule has 224 valence electrons. The van der Waals surface area contributed by atoms with E-state index in [4.69, 9.17) is 18.9 Å². The maximum absolute atomic E-state index is 12.6. The van der Waals surface area contributed by atoms with E-state index < -0.39 is 5.60 Å². The molecule has 0 aromatic carbocycles. The van der Waals surface area contributed by atoms with Crippen molar-refractivity contribution in [1.82, 2.24) is 0 Å². The summed E-state index contributed by atoms with van der Waals surface area (Å²) < 4.78 is 22.4. The molecule has 1 heterocycles. The fraction of sp³-hybridized carbons (Fsp3) is 0.636. The molecule has 1 aliphatic heterocycles. The molecule has 8 heteroatoms. The van der Waals surface area contributed by atoms with Gasteiger partial charge in [-0.15, -0.1) is 0 Å². The molecule has 0 N–H and O–H groups in total. The summed E-state index contributed by atoms with van der Waals surface area (Å²) >= 11 is 0. The van der Waals surface area contributed by atoms with E-state index in [1.165, 1.54) is 5.46 Å². The molecule has 0 saturated carbocycles. The van der Waals surface area contributed by atoms with E-state index in [1.807, 2.05) is 26.8 Å². The zero-order chi connectivity index (χ0) is 29.6. The molecule has 0 spiro atoms. The van der Waals surface area contributed by atoms with Gasteiger partial charge in [-0.05, 0) is 32.3 Å². The number of carbonyl (C=O) groups is 3. The molecule has 0 aromatic rings. The number of ketones is 1. The first-order chi connectivity index (χ1) is 19.7. The second-order valence-electron chi connectivity index (χ2n) is 11.7. The van der Waals surface area contributed by atoms with Crippen LogP contribution in [0.5, 0.6) is 0 Å². The molecular weight excluding hydrogens is 519 g/mol. The van der Waals surface area contributed by atoms with Crippen LogP contribution in [-0.2, 0) is 33.3 Å². The fourth-order valence-electron chi connectivity index (χ4n) is 4.80. The first-order valence-electron chi connectivity index (χ1n) is 15.2. The summed E-state index contributed by atoms with van der Waals surface area (Å²) in [6.45, 7) is 9.04. The number of rotatable bonds is 20. The number of ether oxygens (including phenoxy) is 4. The van der Waals surface area contributed by atoms with E-state index in [-0.39, 0.29) is 36.2 Å². The van der Waals surface area contributed by atoms with Crippen LogP contribution in [0, 0.1) is 0 Å². The minimum atomic E-state index is -0.841. The second kappa shape index (κ2) is 16.8. The van der Waals surface area contributed by atoms with E-state index in [2.05, 4.69) is 37.3 Å². The topological polar surface area (TPSA) is 88.1 Å². The molecule has 41 heavy (non-hydrogen) atoms. The monoisotopic (exact) mass is 566 g/mol. The average Bonchev–Trinajstić information content (AvgIpc) is 3.63. The molecule has 0 saturated heterocycles. The van der Waals surface area contributed by atoms with Crippen molar-refractivity contribution in [2.75, 3.05) is 26.4 Å². The predicted octanol–water partition coefficient (Wildman–Crippen LogP) is 5.73. The van der Waals surface area contributed by atoms with Gasteiger partial charge in [-0.1, -0.05) is 18.2 Å². The average molecular weight is 567 g/mol. The SMILES string of the molecule is CC(C)(OCC1=CCCC=C1)C(=O)CCCCC(=O)OCCOC1(C)B=C1CCCCC(=O)OCC1=CCCC=C1. The normalized spacial score (nSPS) is 19.5. The van der Waals surface area contributed by atoms with Crippen molar-refractivity contribution in [2.24, 2.45) is 0 Å². The van der Waals surface area contributed by atoms with Gasteiger partial charge < -0.3 is 4.74 Å². The minimum absolute atomic E-state index is 0.0470. The van der Waals surface area contributed by atoms with Crippen molar-refractivity contribution in [3.8, 4) is 0 Å². The van der Waals surface area contributed by atoms with Gasteiger partial charge in [0.2, 0.25) is 0 Å². The van der Waals surface area contributed by atoms with Crippen LogP contribution in [0.3, 0.4) is 0 Å². The Balaban J connectivity index is 1.15. The first-order valence-corrected chi connectivity index (χ1v) is 15.2. The molecule has 0 radical (unpaired) electrons. The van der Waals surface area contributed by atoms with Crippen LogP contribution in [0.1, 0.15) is 97.8 Å². The summed E-state index contributed by atoms with van der Waals surface area (Å²) in [5, 5.41) is 0. The van der Waals surface area contributed by atoms with Gasteiger partial charge in [-0.2, -0.15) is 0 Å². The molecule has 0 aromatic heterocycles. The number of Topliss-reactive ketones (excluding diaryl/α,β-unsaturated/α-hetero) is 1. The Labute approximate surface area is 246 Å². The number of hydrogen-bond acceptors (Lipinski definition) is 7. The summed E-state index contributed by atoms with van der Waals surface area (Å²) in [6.07, 6.45) is 21.6. The molecular formula is C33H47BO7. The standard InChI is InChI=1S/C33H47BO7/c1-32(2,41-25-27-16-8-5-9-17-27)29(35)19-11-13-20-30(36)38-22-23-40-33(3)28(34-33)18-10-12-21-31(37)39-24-26-14-6-4-7-15-26/h6,8,14-17H,4-5,7,9-13,18-25H2,1-3H3. The number of allylic oxidation sites excluding steroid dienone is 4. The van der Waals surface area contributed by atoms with Gasteiger partial charge in [0, 0.05) is 0 Å². The molecule has 3 rings (SSSR count). The van der Waals surface area contributed by atoms with Gasteiger partial charge in [0.15, 0.2) is 0 Å². The zero-order valence-corrected chi connectivity index (χ0v) is 25.2. The molecule has 7 nitrogen and oxygen atoms in total. The van der Waals surface area contributed by atoms with Crippen LogP contribution in [0.25, 0.3) is 0 Å². The number of hydrogen-bond donors (Lipinski definition) is 0. The number of esters is 2. The van der Waals surface area contributed by atoms with Gasteiger partial charge in [0.05, 0.1) is 6.61 Å². The van der Waals surface area contributed by atoms with Crippen LogP contribution >= 0.6 is 0 Å². The second-order valence-corrected chi connectivity index (χ2v) is 11.7. The van der Waals surface area contributed by atoms with Crippen LogP contribution in [0.15, 0.2) is 47.6 Å². The van der Waals surface area contributed by atoms with Gasteiger partial charge in [0.1, 0.15) is 0 Å². The number of carbonyl (C=O) groups excluding carboxylic acids is 3. The van der Waals surface area contributed by atoms with E-state index in [9.17, 15) is 14.4 Å². The number of unbranched alkanes of at least 4 members (excludes halogenated alkanes) is 2. The van der Waals surface area contributed by atoms with Gasteiger partial charge in [-0.25, -0.2) is 0 Å². The zero-order valence-electron chi connectivity index (χ0n) is 25.2. The molecule has 1 unspecified atom stereocenters. The summed E-state index contributed by atoms with van der Waals surface area (Å²) in [7, 11) is 0. The quantitative estimate of drug-likeness (QED) is 0.106. The molecule has 3 aliphatic rings. The van der Waals surface area contributed by atoms with Crippen LogP contribution in [-0.4, -0.2) is 67.6 Å². The van der Waals surface area contributed by atoms with Gasteiger partial charge in [0.25, 0.3) is 0 Å². The predicted molar refractivity (Wildman–Crippen MR) is 162 cm³/mol. The van der Waals surface area contributed by atoms with E-state index >= 15 is 0 Å². The third kappa shape index (κ3) is 12.4. The summed E-state index contributed by atoms with van der Waals surface area (Å²) in [5.41, 5.74) is 2.20. The fourth-order valence-corrected chi connectivity index (χ4v) is 4.80. The molecule has 0 amide bonds. The Morgan fingerprint density at radius 3 is 2.07 bits per heavy atom. The summed E-state index contributed by atoms with van der Waals surface area (Å²) in [4.78, 5) is 36.6. The van der Waals surface area contributed by atoms with Crippen molar-refractivity contribution in [3.05, 3.63) is 47.6 Å². The summed E-state index contributed by atoms with van der Waals surface area (Å²) in [6, 6.07) is 0. The maximum atomic E-state index is 12.6. The van der Waals surface area contributed by atoms with Crippen LogP contribution < -0.4 is 0 Å². The Morgan fingerprint density at radius 1 is 0.805 bits per heavy atom. The van der Waals surface area contributed by atoms with Gasteiger partial charge in [-0.3, -0.25) is 0 Å². The van der Waals surface area contributed by atoms with E-state index in [0.717, 1.165) is 56.1 Å². The Hall–Kier alpha value is -2.58. The van der Waals surface area contributed by atoms with E-state index in [0.29, 0.717) is 45.5 Å². The molecule has 2 aliphatic carbocycles. The molecule has 1 atom stereocenters. The molecule has 0 fully saturated rings. The first kappa shape index (κ1) is 32.9. The Kier molecular flexibility index (Phi) is 13.5. The van der Waals surface area contributed by atoms with Crippen molar-refractivity contribution >= 4 is 30.1 Å². The van der Waals surface area contributed by atoms with Crippen LogP contribution in [0.4, 0.5) is 0 Å². The molecule has 0 bridgehead atoms. The Bertz CT molecular complexity index is 1070. The third-order valence-corrected chi connectivity index (χ3v) is 7.68. The van der Waals surface area contributed by atoms with Crippen molar-refractivity contribution < 1.29 is 33.3 Å². The summed E-state index contributed by atoms with van der Waals surface area (Å²) in [5.74, 6) is -0.379. The van der Waals surface area contributed by atoms with Crippen molar-refractivity contribution in [1.29, 1.82) is 0 Å². The van der Waals surface area contributed by atoms with Gasteiger partial charge >= 0.3 is 185 Å². The van der Waals surface area contributed by atoms with Crippen molar-refractivity contribution in [2.45, 2.75) is 109 Å². The van der Waals surface area contributed by atoms with Crippen LogP contribution in [0.2, 0.25) is 0 Å².